The molecule has 0 fully saturated rings. The zero-order chi connectivity index (χ0) is 14.5. The lowest BCUT2D eigenvalue weighted by Gasteiger charge is -2.07. The maximum atomic E-state index is 5.60. The summed E-state index contributed by atoms with van der Waals surface area (Å²) in [6.07, 6.45) is 0.677. The number of para-hydroxylation sites is 1. The highest BCUT2D eigenvalue weighted by Crippen LogP contribution is 2.17. The highest BCUT2D eigenvalue weighted by Gasteiger charge is 2.02. The number of nitrogens with one attached hydrogen (secondary N) is 1. The highest BCUT2D eigenvalue weighted by molar-refractivity contribution is 5.88. The van der Waals surface area contributed by atoms with Gasteiger partial charge in [-0.15, -0.1) is 0 Å². The Kier molecular flexibility index (Phi) is 3.94. The van der Waals surface area contributed by atoms with Crippen molar-refractivity contribution >= 4 is 22.3 Å². The Morgan fingerprint density at radius 1 is 0.857 bits per heavy atom. The fourth-order valence-corrected chi connectivity index (χ4v) is 2.32. The molecule has 3 aromatic rings. The molecule has 0 unspecified atom stereocenters. The summed E-state index contributed by atoms with van der Waals surface area (Å²) in [5, 5.41) is 2.47. The molecule has 0 radical (unpaired) electrons. The summed E-state index contributed by atoms with van der Waals surface area (Å²) in [4.78, 5) is 4.53. The van der Waals surface area contributed by atoms with Crippen LogP contribution in [0.2, 0.25) is 0 Å². The van der Waals surface area contributed by atoms with Gasteiger partial charge < -0.3 is 5.43 Å². The van der Waals surface area contributed by atoms with Gasteiger partial charge in [-0.25, -0.2) is 10.8 Å². The summed E-state index contributed by atoms with van der Waals surface area (Å²) in [5.74, 6) is 6.35. The molecular weight excluding hydrogens is 258 g/mol. The number of hydrogen-bond donors (Lipinski definition) is 2. The van der Waals surface area contributed by atoms with Gasteiger partial charge in [0.15, 0.2) is 0 Å². The van der Waals surface area contributed by atoms with E-state index >= 15 is 0 Å². The van der Waals surface area contributed by atoms with Crippen LogP contribution in [0, 0.1) is 0 Å². The van der Waals surface area contributed by atoms with Crippen molar-refractivity contribution in [3.05, 3.63) is 78.4 Å². The first-order chi connectivity index (χ1) is 10.3. The molecular formula is C18H17N3. The van der Waals surface area contributed by atoms with Gasteiger partial charge in [-0.2, -0.15) is 0 Å². The van der Waals surface area contributed by atoms with Crippen LogP contribution in [-0.4, -0.2) is 5.84 Å². The first-order valence-corrected chi connectivity index (χ1v) is 6.92. The standard InChI is InChI=1S/C18H17N3/c19-21-18(20-17-8-2-1-3-9-17)13-14-10-11-15-6-4-5-7-16(15)12-14/h1-12H,13,19H2,(H,20,21). The van der Waals surface area contributed by atoms with Crippen LogP contribution in [0.4, 0.5) is 5.69 Å². The van der Waals surface area contributed by atoms with Crippen LogP contribution in [0.5, 0.6) is 0 Å². The summed E-state index contributed by atoms with van der Waals surface area (Å²) in [7, 11) is 0. The van der Waals surface area contributed by atoms with Crippen LogP contribution in [0.25, 0.3) is 10.8 Å². The molecule has 0 aliphatic carbocycles. The SMILES string of the molecule is NNC(Cc1ccc2ccccc2c1)=Nc1ccccc1. The molecule has 0 atom stereocenters. The number of aliphatic imine (C=N–C) groups is 1. The molecule has 3 N–H and O–H groups in total. The molecule has 0 heterocycles. The van der Waals surface area contributed by atoms with Crippen LogP contribution in [-0.2, 0) is 6.42 Å². The fourth-order valence-electron chi connectivity index (χ4n) is 2.32. The topological polar surface area (TPSA) is 50.4 Å². The summed E-state index contributed by atoms with van der Waals surface area (Å²) in [6.45, 7) is 0. The Morgan fingerprint density at radius 2 is 1.57 bits per heavy atom. The number of amidine groups is 1. The number of hydrazine groups is 1. The smallest absolute Gasteiger partial charge is 0.121 e. The van der Waals surface area contributed by atoms with Crippen molar-refractivity contribution in [1.29, 1.82) is 0 Å². The first kappa shape index (κ1) is 13.3. The Morgan fingerprint density at radius 3 is 2.33 bits per heavy atom. The van der Waals surface area contributed by atoms with E-state index in [1.54, 1.807) is 0 Å². The van der Waals surface area contributed by atoms with E-state index < -0.39 is 0 Å². The van der Waals surface area contributed by atoms with E-state index in [2.05, 4.69) is 40.8 Å². The summed E-state index contributed by atoms with van der Waals surface area (Å²) in [6, 6.07) is 24.5. The van der Waals surface area contributed by atoms with Gasteiger partial charge in [-0.05, 0) is 28.5 Å². The second-order valence-electron chi connectivity index (χ2n) is 4.90. The monoisotopic (exact) mass is 275 g/mol. The molecule has 0 aliphatic rings. The van der Waals surface area contributed by atoms with E-state index in [1.165, 1.54) is 16.3 Å². The van der Waals surface area contributed by atoms with Gasteiger partial charge in [0.05, 0.1) is 5.69 Å². The Labute approximate surface area is 124 Å². The maximum Gasteiger partial charge on any atom is 0.121 e. The van der Waals surface area contributed by atoms with Crippen LogP contribution in [0.15, 0.2) is 77.8 Å². The third-order valence-corrected chi connectivity index (χ3v) is 3.37. The minimum Gasteiger partial charge on any atom is -0.312 e. The minimum atomic E-state index is 0.677. The van der Waals surface area contributed by atoms with Crippen LogP contribution >= 0.6 is 0 Å². The molecule has 0 amide bonds. The Balaban J connectivity index is 1.87. The van der Waals surface area contributed by atoms with Gasteiger partial charge in [0, 0.05) is 6.42 Å². The number of benzene rings is 3. The summed E-state index contributed by atoms with van der Waals surface area (Å²) < 4.78 is 0. The molecule has 0 saturated heterocycles. The molecule has 3 nitrogen and oxygen atoms in total. The van der Waals surface area contributed by atoms with E-state index in [1.807, 2.05) is 42.5 Å². The van der Waals surface area contributed by atoms with Crippen LogP contribution < -0.4 is 11.3 Å². The number of rotatable bonds is 3. The first-order valence-electron chi connectivity index (χ1n) is 6.92. The quantitative estimate of drug-likeness (QED) is 0.332. The van der Waals surface area contributed by atoms with E-state index in [0.717, 1.165) is 11.5 Å². The minimum absolute atomic E-state index is 0.677. The normalized spacial score (nSPS) is 11.6. The van der Waals surface area contributed by atoms with Gasteiger partial charge in [0.25, 0.3) is 0 Å². The van der Waals surface area contributed by atoms with E-state index in [0.29, 0.717) is 6.42 Å². The molecule has 0 spiro atoms. The van der Waals surface area contributed by atoms with Crippen molar-refractivity contribution in [3.63, 3.8) is 0 Å². The van der Waals surface area contributed by atoms with E-state index in [-0.39, 0.29) is 0 Å². The molecule has 3 aromatic carbocycles. The predicted octanol–water partition coefficient (Wildman–Crippen LogP) is 3.58. The Hall–Kier alpha value is -2.65. The highest BCUT2D eigenvalue weighted by atomic mass is 15.2. The lowest BCUT2D eigenvalue weighted by Crippen LogP contribution is -2.31. The predicted molar refractivity (Wildman–Crippen MR) is 88.5 cm³/mol. The molecule has 21 heavy (non-hydrogen) atoms. The Bertz CT molecular complexity index is 764. The fraction of sp³-hybridized carbons (Fsp3) is 0.0556. The molecule has 104 valence electrons. The second-order valence-corrected chi connectivity index (χ2v) is 4.90. The number of fused-ring (bicyclic) bond motifs is 1. The number of nitrogens with zero attached hydrogens (tertiary/aromatic N) is 1. The van der Waals surface area contributed by atoms with Crippen molar-refractivity contribution in [2.75, 3.05) is 0 Å². The van der Waals surface area contributed by atoms with Crippen molar-refractivity contribution in [1.82, 2.24) is 5.43 Å². The average Bonchev–Trinajstić information content (AvgIpc) is 2.55. The number of hydrogen-bond acceptors (Lipinski definition) is 2. The second kappa shape index (κ2) is 6.20. The third-order valence-electron chi connectivity index (χ3n) is 3.37. The zero-order valence-electron chi connectivity index (χ0n) is 11.7. The summed E-state index contributed by atoms with van der Waals surface area (Å²) >= 11 is 0. The zero-order valence-corrected chi connectivity index (χ0v) is 11.7. The van der Waals surface area contributed by atoms with Gasteiger partial charge in [-0.3, -0.25) is 0 Å². The largest absolute Gasteiger partial charge is 0.312 e. The van der Waals surface area contributed by atoms with Crippen molar-refractivity contribution < 1.29 is 0 Å². The van der Waals surface area contributed by atoms with E-state index in [9.17, 15) is 0 Å². The van der Waals surface area contributed by atoms with Crippen molar-refractivity contribution in [2.45, 2.75) is 6.42 Å². The van der Waals surface area contributed by atoms with Crippen molar-refractivity contribution in [2.24, 2.45) is 10.8 Å². The van der Waals surface area contributed by atoms with Gasteiger partial charge in [0.1, 0.15) is 5.84 Å². The van der Waals surface area contributed by atoms with Crippen LogP contribution in [0.3, 0.4) is 0 Å². The number of nitrogens with two attached hydrogens (primary N) is 1. The molecule has 3 rings (SSSR count). The van der Waals surface area contributed by atoms with Crippen LogP contribution in [0.1, 0.15) is 5.56 Å². The maximum absolute atomic E-state index is 5.60. The van der Waals surface area contributed by atoms with Crippen molar-refractivity contribution in [3.8, 4) is 0 Å². The lowest BCUT2D eigenvalue weighted by atomic mass is 10.0. The van der Waals surface area contributed by atoms with E-state index in [4.69, 9.17) is 5.84 Å². The lowest BCUT2D eigenvalue weighted by molar-refractivity contribution is 0.988. The summed E-state index contributed by atoms with van der Waals surface area (Å²) in [5.41, 5.74) is 4.77. The molecule has 0 saturated carbocycles. The molecule has 3 heteroatoms. The van der Waals surface area contributed by atoms with Gasteiger partial charge >= 0.3 is 0 Å². The van der Waals surface area contributed by atoms with Gasteiger partial charge in [0.2, 0.25) is 0 Å². The van der Waals surface area contributed by atoms with Gasteiger partial charge in [-0.1, -0.05) is 60.7 Å². The average molecular weight is 275 g/mol. The molecule has 0 bridgehead atoms. The molecule has 0 aromatic heterocycles. The third kappa shape index (κ3) is 3.27. The molecule has 0 aliphatic heterocycles.